The molecule has 0 spiro atoms. The van der Waals surface area contributed by atoms with Gasteiger partial charge in [-0.2, -0.15) is 0 Å². The van der Waals surface area contributed by atoms with Gasteiger partial charge in [-0.25, -0.2) is 4.21 Å². The van der Waals surface area contributed by atoms with Gasteiger partial charge in [0.15, 0.2) is 11.1 Å². The summed E-state index contributed by atoms with van der Waals surface area (Å²) in [5.74, 6) is 0.575. The molecule has 1 N–H and O–H groups in total. The Morgan fingerprint density at radius 3 is 2.00 bits per heavy atom. The Morgan fingerprint density at radius 1 is 1.33 bits per heavy atom. The summed E-state index contributed by atoms with van der Waals surface area (Å²) in [6.07, 6.45) is 0.987. The Balaban J connectivity index is 4.28. The molecule has 0 rings (SSSR count). The van der Waals surface area contributed by atoms with Crippen molar-refractivity contribution in [3.8, 4) is 0 Å². The molecule has 12 heavy (non-hydrogen) atoms. The van der Waals surface area contributed by atoms with E-state index >= 15 is 0 Å². The van der Waals surface area contributed by atoms with Crippen LogP contribution >= 0.6 is 0 Å². The van der Waals surface area contributed by atoms with Gasteiger partial charge < -0.3 is 4.55 Å². The third-order valence-corrected chi connectivity index (χ3v) is 3.58. The topological polar surface area (TPSA) is 37.3 Å². The molecule has 0 radical (unpaired) electrons. The van der Waals surface area contributed by atoms with Crippen LogP contribution in [-0.2, 0) is 11.1 Å². The van der Waals surface area contributed by atoms with E-state index in [9.17, 15) is 4.21 Å². The molecule has 2 nitrogen and oxygen atoms in total. The van der Waals surface area contributed by atoms with Crippen LogP contribution in [-0.4, -0.2) is 14.0 Å². The third kappa shape index (κ3) is 3.68. The van der Waals surface area contributed by atoms with E-state index in [0.717, 1.165) is 6.42 Å². The maximum atomic E-state index is 10.8. The quantitative estimate of drug-likeness (QED) is 0.695. The molecule has 0 fully saturated rings. The molecule has 0 aliphatic heterocycles. The predicted molar refractivity (Wildman–Crippen MR) is 53.5 cm³/mol. The van der Waals surface area contributed by atoms with Crippen LogP contribution in [0.4, 0.5) is 0 Å². The van der Waals surface area contributed by atoms with Gasteiger partial charge in [0.05, 0.1) is 5.25 Å². The standard InChI is InChI=1S/C9H20O2S/c1-7(2)6-9(4,5)8(3)12(10)11/h7-8H,6H2,1-5H3,(H,10,11). The van der Waals surface area contributed by atoms with Crippen molar-refractivity contribution in [2.45, 2.75) is 46.3 Å². The summed E-state index contributed by atoms with van der Waals surface area (Å²) in [5.41, 5.74) is -0.0478. The maximum absolute atomic E-state index is 10.8. The first kappa shape index (κ1) is 12.1. The molecule has 0 aliphatic carbocycles. The van der Waals surface area contributed by atoms with E-state index in [2.05, 4.69) is 13.8 Å². The summed E-state index contributed by atoms with van der Waals surface area (Å²) in [4.78, 5) is 0. The highest BCUT2D eigenvalue weighted by Crippen LogP contribution is 2.31. The summed E-state index contributed by atoms with van der Waals surface area (Å²) in [7, 11) is 0. The van der Waals surface area contributed by atoms with E-state index < -0.39 is 11.1 Å². The van der Waals surface area contributed by atoms with Gasteiger partial charge in [0.2, 0.25) is 0 Å². The Kier molecular flexibility index (Phi) is 4.42. The first-order chi connectivity index (χ1) is 5.27. The minimum absolute atomic E-state index is 0.0478. The molecule has 0 amide bonds. The number of hydrogen-bond donors (Lipinski definition) is 1. The summed E-state index contributed by atoms with van der Waals surface area (Å²) in [6.45, 7) is 10.2. The molecule has 2 unspecified atom stereocenters. The second-order valence-corrected chi connectivity index (χ2v) is 5.76. The van der Waals surface area contributed by atoms with Gasteiger partial charge in [0, 0.05) is 0 Å². The minimum Gasteiger partial charge on any atom is -0.306 e. The largest absolute Gasteiger partial charge is 0.306 e. The van der Waals surface area contributed by atoms with Crippen molar-refractivity contribution in [3.63, 3.8) is 0 Å². The second kappa shape index (κ2) is 4.38. The summed E-state index contributed by atoms with van der Waals surface area (Å²) in [5, 5.41) is -0.153. The molecule has 0 bridgehead atoms. The second-order valence-electron chi connectivity index (χ2n) is 4.50. The van der Waals surface area contributed by atoms with Crippen molar-refractivity contribution in [1.29, 1.82) is 0 Å². The highest BCUT2D eigenvalue weighted by molar-refractivity contribution is 7.79. The highest BCUT2D eigenvalue weighted by atomic mass is 32.2. The summed E-state index contributed by atoms with van der Waals surface area (Å²) < 4.78 is 19.8. The molecule has 0 heterocycles. The lowest BCUT2D eigenvalue weighted by Gasteiger charge is -2.30. The first-order valence-corrected chi connectivity index (χ1v) is 5.54. The molecule has 0 aromatic rings. The SMILES string of the molecule is CC(C)CC(C)(C)C(C)S(=O)O. The smallest absolute Gasteiger partial charge is 0.156 e. The van der Waals surface area contributed by atoms with Gasteiger partial charge in [0.1, 0.15) is 0 Å². The Morgan fingerprint density at radius 2 is 1.75 bits per heavy atom. The molecule has 0 aliphatic rings. The fraction of sp³-hybridized carbons (Fsp3) is 1.00. The predicted octanol–water partition coefficient (Wildman–Crippen LogP) is 2.67. The lowest BCUT2D eigenvalue weighted by Crippen LogP contribution is -2.31. The molecular formula is C9H20O2S. The zero-order valence-electron chi connectivity index (χ0n) is 8.63. The minimum atomic E-state index is -1.70. The molecule has 0 aromatic heterocycles. The lowest BCUT2D eigenvalue weighted by atomic mass is 9.81. The van der Waals surface area contributed by atoms with Crippen LogP contribution in [0.1, 0.15) is 41.0 Å². The van der Waals surface area contributed by atoms with E-state index in [0.29, 0.717) is 5.92 Å². The summed E-state index contributed by atoms with van der Waals surface area (Å²) >= 11 is -1.70. The van der Waals surface area contributed by atoms with Gasteiger partial charge in [-0.15, -0.1) is 0 Å². The van der Waals surface area contributed by atoms with Crippen molar-refractivity contribution in [1.82, 2.24) is 0 Å². The van der Waals surface area contributed by atoms with Crippen LogP contribution in [0, 0.1) is 11.3 Å². The van der Waals surface area contributed by atoms with Gasteiger partial charge in [-0.3, -0.25) is 0 Å². The highest BCUT2D eigenvalue weighted by Gasteiger charge is 2.30. The number of hydrogen-bond acceptors (Lipinski definition) is 1. The van der Waals surface area contributed by atoms with Gasteiger partial charge >= 0.3 is 0 Å². The molecule has 0 saturated carbocycles. The van der Waals surface area contributed by atoms with Crippen LogP contribution in [0.2, 0.25) is 0 Å². The zero-order valence-corrected chi connectivity index (χ0v) is 9.44. The molecule has 74 valence electrons. The van der Waals surface area contributed by atoms with Crippen molar-refractivity contribution in [2.75, 3.05) is 0 Å². The van der Waals surface area contributed by atoms with Gasteiger partial charge in [0.25, 0.3) is 0 Å². The van der Waals surface area contributed by atoms with Crippen molar-refractivity contribution in [3.05, 3.63) is 0 Å². The van der Waals surface area contributed by atoms with Crippen LogP contribution in [0.15, 0.2) is 0 Å². The third-order valence-electron chi connectivity index (χ3n) is 2.34. The normalized spacial score (nSPS) is 17.9. The molecule has 0 aromatic carbocycles. The first-order valence-electron chi connectivity index (χ1n) is 4.37. The molecular weight excluding hydrogens is 172 g/mol. The van der Waals surface area contributed by atoms with Crippen molar-refractivity contribution >= 4 is 11.1 Å². The molecule has 3 heteroatoms. The van der Waals surface area contributed by atoms with E-state index in [1.807, 2.05) is 20.8 Å². The van der Waals surface area contributed by atoms with Crippen LogP contribution in [0.5, 0.6) is 0 Å². The Hall–Kier alpha value is 0.110. The fourth-order valence-electron chi connectivity index (χ4n) is 1.49. The monoisotopic (exact) mass is 192 g/mol. The van der Waals surface area contributed by atoms with E-state index in [4.69, 9.17) is 4.55 Å². The van der Waals surface area contributed by atoms with Crippen molar-refractivity contribution in [2.24, 2.45) is 11.3 Å². The Labute approximate surface area is 78.0 Å². The molecule has 0 saturated heterocycles. The van der Waals surface area contributed by atoms with Crippen LogP contribution < -0.4 is 0 Å². The van der Waals surface area contributed by atoms with Gasteiger partial charge in [-0.1, -0.05) is 27.7 Å². The van der Waals surface area contributed by atoms with Crippen LogP contribution in [0.25, 0.3) is 0 Å². The number of rotatable bonds is 4. The molecule has 2 atom stereocenters. The average molecular weight is 192 g/mol. The van der Waals surface area contributed by atoms with E-state index in [-0.39, 0.29) is 10.7 Å². The summed E-state index contributed by atoms with van der Waals surface area (Å²) in [6, 6.07) is 0. The fourth-order valence-corrected chi connectivity index (χ4v) is 2.13. The lowest BCUT2D eigenvalue weighted by molar-refractivity contribution is 0.276. The maximum Gasteiger partial charge on any atom is 0.156 e. The van der Waals surface area contributed by atoms with Crippen molar-refractivity contribution < 1.29 is 8.76 Å². The Bertz CT molecular complexity index is 164. The average Bonchev–Trinajstić information content (AvgIpc) is 1.82. The van der Waals surface area contributed by atoms with Crippen LogP contribution in [0.3, 0.4) is 0 Å². The van der Waals surface area contributed by atoms with Gasteiger partial charge in [-0.05, 0) is 24.7 Å². The van der Waals surface area contributed by atoms with E-state index in [1.165, 1.54) is 0 Å². The van der Waals surface area contributed by atoms with E-state index in [1.54, 1.807) is 0 Å². The zero-order chi connectivity index (χ0) is 9.94.